The van der Waals surface area contributed by atoms with Gasteiger partial charge < -0.3 is 9.80 Å². The molecule has 1 aliphatic heterocycles. The number of fused-ring (bicyclic) bond motifs is 1. The van der Waals surface area contributed by atoms with Gasteiger partial charge in [-0.1, -0.05) is 11.6 Å². The van der Waals surface area contributed by atoms with E-state index in [9.17, 15) is 8.78 Å². The minimum absolute atomic E-state index is 0.0623. The van der Waals surface area contributed by atoms with E-state index in [1.165, 1.54) is 6.92 Å². The second-order valence-electron chi connectivity index (χ2n) is 5.21. The van der Waals surface area contributed by atoms with E-state index in [2.05, 4.69) is 30.8 Å². The molecule has 1 aromatic carbocycles. The fourth-order valence-electron chi connectivity index (χ4n) is 2.39. The van der Waals surface area contributed by atoms with Gasteiger partial charge in [0.15, 0.2) is 5.82 Å². The molecular formula is C15H15BrClF2N5. The summed E-state index contributed by atoms with van der Waals surface area (Å²) in [5.41, 5.74) is -0.0623. The summed E-state index contributed by atoms with van der Waals surface area (Å²) < 4.78 is 28.0. The van der Waals surface area contributed by atoms with Gasteiger partial charge >= 0.3 is 6.08 Å². The summed E-state index contributed by atoms with van der Waals surface area (Å²) >= 11 is 9.05. The molecule has 0 unspecified atom stereocenters. The lowest BCUT2D eigenvalue weighted by molar-refractivity contribution is 0.312. The molecule has 2 aromatic rings. The van der Waals surface area contributed by atoms with Crippen molar-refractivity contribution in [1.82, 2.24) is 14.9 Å². The molecule has 0 amide bonds. The maximum atomic E-state index is 14.2. The van der Waals surface area contributed by atoms with E-state index < -0.39 is 11.9 Å². The van der Waals surface area contributed by atoms with Crippen LogP contribution in [0.3, 0.4) is 0 Å². The topological polar surface area (TPSA) is 56.1 Å². The number of aromatic nitrogens is 2. The molecule has 0 atom stereocenters. The van der Waals surface area contributed by atoms with Crippen LogP contribution in [-0.2, 0) is 0 Å². The number of nitriles is 1. The van der Waals surface area contributed by atoms with Crippen LogP contribution >= 0.6 is 27.5 Å². The fourth-order valence-corrected chi connectivity index (χ4v) is 2.88. The molecule has 3 rings (SSSR count). The number of anilines is 1. The normalized spacial score (nSPS) is 15.0. The van der Waals surface area contributed by atoms with Crippen LogP contribution in [0.1, 0.15) is 6.92 Å². The summed E-state index contributed by atoms with van der Waals surface area (Å²) in [4.78, 5) is 11.5. The van der Waals surface area contributed by atoms with Gasteiger partial charge in [0.2, 0.25) is 0 Å². The van der Waals surface area contributed by atoms with Crippen LogP contribution in [0.25, 0.3) is 10.9 Å². The number of hydrogen-bond donors (Lipinski definition) is 0. The van der Waals surface area contributed by atoms with E-state index in [1.807, 2.05) is 11.9 Å². The van der Waals surface area contributed by atoms with E-state index in [0.29, 0.717) is 24.3 Å². The Labute approximate surface area is 152 Å². The number of hydrogen-bond acceptors (Lipinski definition) is 5. The molecule has 2 heterocycles. The summed E-state index contributed by atoms with van der Waals surface area (Å²) in [6.45, 7) is 4.48. The summed E-state index contributed by atoms with van der Waals surface area (Å²) in [5, 5.41) is 7.96. The maximum Gasteiger partial charge on any atom is 0.311 e. The quantitative estimate of drug-likeness (QED) is 0.523. The van der Waals surface area contributed by atoms with Crippen LogP contribution in [-0.4, -0.2) is 48.1 Å². The predicted octanol–water partition coefficient (Wildman–Crippen LogP) is 3.61. The van der Waals surface area contributed by atoms with Gasteiger partial charge in [-0.05, 0) is 29.0 Å². The highest BCUT2D eigenvalue weighted by Crippen LogP contribution is 2.35. The maximum absolute atomic E-state index is 14.2. The van der Waals surface area contributed by atoms with Gasteiger partial charge in [0.25, 0.3) is 0 Å². The second kappa shape index (κ2) is 8.01. The molecule has 128 valence electrons. The standard InChI is InChI=1S/C13H12BrClF2N4.C2H3N/c1-20-2-4-21(5-3-20)12-7-6-8(15)9(14)10(16)11(7)18-13(17)19-12;1-2-3/h6H,2-5H2,1H3;1H3. The lowest BCUT2D eigenvalue weighted by Gasteiger charge is -2.33. The average Bonchev–Trinajstić information content (AvgIpc) is 2.55. The fraction of sp³-hybridized carbons (Fsp3) is 0.400. The molecule has 0 bridgehead atoms. The molecular weight excluding hydrogens is 404 g/mol. The first-order valence-electron chi connectivity index (χ1n) is 7.14. The number of piperazine rings is 1. The highest BCUT2D eigenvalue weighted by atomic mass is 79.9. The van der Waals surface area contributed by atoms with E-state index >= 15 is 0 Å². The first-order chi connectivity index (χ1) is 11.4. The largest absolute Gasteiger partial charge is 0.353 e. The van der Waals surface area contributed by atoms with Crippen molar-refractivity contribution < 1.29 is 8.78 Å². The lowest BCUT2D eigenvalue weighted by Crippen LogP contribution is -2.45. The minimum Gasteiger partial charge on any atom is -0.353 e. The molecule has 0 radical (unpaired) electrons. The Morgan fingerprint density at radius 1 is 1.25 bits per heavy atom. The van der Waals surface area contributed by atoms with Crippen LogP contribution < -0.4 is 4.90 Å². The molecule has 0 N–H and O–H groups in total. The highest BCUT2D eigenvalue weighted by molar-refractivity contribution is 9.10. The number of benzene rings is 1. The Morgan fingerprint density at radius 2 is 1.83 bits per heavy atom. The Balaban J connectivity index is 0.000000647. The third kappa shape index (κ3) is 3.91. The zero-order valence-electron chi connectivity index (χ0n) is 13.2. The van der Waals surface area contributed by atoms with Crippen molar-refractivity contribution in [1.29, 1.82) is 5.26 Å². The number of nitrogens with zero attached hydrogens (tertiary/aromatic N) is 5. The SMILES string of the molecule is CC#N.CN1CCN(c2nc(F)nc3c(F)c(Br)c(Cl)cc23)CC1. The second-order valence-corrected chi connectivity index (χ2v) is 6.41. The van der Waals surface area contributed by atoms with Gasteiger partial charge in [-0.3, -0.25) is 0 Å². The minimum atomic E-state index is -0.940. The lowest BCUT2D eigenvalue weighted by atomic mass is 10.2. The zero-order valence-corrected chi connectivity index (χ0v) is 15.5. The van der Waals surface area contributed by atoms with Gasteiger partial charge in [0.1, 0.15) is 11.3 Å². The first kappa shape index (κ1) is 18.8. The third-order valence-corrected chi connectivity index (χ3v) is 4.88. The molecule has 5 nitrogen and oxygen atoms in total. The van der Waals surface area contributed by atoms with Crippen molar-refractivity contribution in [2.75, 3.05) is 38.1 Å². The van der Waals surface area contributed by atoms with E-state index in [0.717, 1.165) is 13.1 Å². The Bertz CT molecular complexity index is 788. The van der Waals surface area contributed by atoms with Crippen LogP contribution in [0.4, 0.5) is 14.6 Å². The average molecular weight is 419 g/mol. The van der Waals surface area contributed by atoms with Gasteiger partial charge in [-0.15, -0.1) is 0 Å². The van der Waals surface area contributed by atoms with Crippen molar-refractivity contribution in [2.24, 2.45) is 0 Å². The Hall–Kier alpha value is -1.56. The molecule has 1 aliphatic rings. The van der Waals surface area contributed by atoms with E-state index in [1.54, 1.807) is 12.1 Å². The van der Waals surface area contributed by atoms with Crippen LogP contribution in [0, 0.1) is 23.2 Å². The molecule has 9 heteroatoms. The number of rotatable bonds is 1. The Morgan fingerprint density at radius 3 is 2.42 bits per heavy atom. The molecule has 0 aliphatic carbocycles. The van der Waals surface area contributed by atoms with Crippen molar-refractivity contribution >= 4 is 44.3 Å². The van der Waals surface area contributed by atoms with Crippen LogP contribution in [0.5, 0.6) is 0 Å². The van der Waals surface area contributed by atoms with Crippen molar-refractivity contribution in [2.45, 2.75) is 6.92 Å². The van der Waals surface area contributed by atoms with E-state index in [-0.39, 0.29) is 15.0 Å². The summed E-state index contributed by atoms with van der Waals surface area (Å²) in [6.07, 6.45) is -0.940. The first-order valence-corrected chi connectivity index (χ1v) is 8.31. The van der Waals surface area contributed by atoms with E-state index in [4.69, 9.17) is 16.9 Å². The molecule has 0 saturated carbocycles. The van der Waals surface area contributed by atoms with Gasteiger partial charge in [0, 0.05) is 38.5 Å². The third-order valence-electron chi connectivity index (χ3n) is 3.58. The summed E-state index contributed by atoms with van der Waals surface area (Å²) in [6, 6.07) is 3.32. The molecule has 0 spiro atoms. The van der Waals surface area contributed by atoms with Crippen molar-refractivity contribution in [3.8, 4) is 6.07 Å². The summed E-state index contributed by atoms with van der Waals surface area (Å²) in [7, 11) is 2.02. The predicted molar refractivity (Wildman–Crippen MR) is 93.2 cm³/mol. The number of likely N-dealkylation sites (N-methyl/N-ethyl adjacent to an activating group) is 1. The van der Waals surface area contributed by atoms with Crippen molar-refractivity contribution in [3.05, 3.63) is 27.5 Å². The molecule has 24 heavy (non-hydrogen) atoms. The summed E-state index contributed by atoms with van der Waals surface area (Å²) in [5.74, 6) is -0.284. The molecule has 1 fully saturated rings. The van der Waals surface area contributed by atoms with Crippen molar-refractivity contribution in [3.63, 3.8) is 0 Å². The highest BCUT2D eigenvalue weighted by Gasteiger charge is 2.22. The zero-order chi connectivity index (χ0) is 17.9. The Kier molecular flexibility index (Phi) is 6.27. The van der Waals surface area contributed by atoms with Crippen LogP contribution in [0.2, 0.25) is 5.02 Å². The molecule has 1 saturated heterocycles. The van der Waals surface area contributed by atoms with Gasteiger partial charge in [-0.25, -0.2) is 4.39 Å². The smallest absolute Gasteiger partial charge is 0.311 e. The monoisotopic (exact) mass is 417 g/mol. The van der Waals surface area contributed by atoms with Gasteiger partial charge in [-0.2, -0.15) is 19.6 Å². The number of halogens is 4. The van der Waals surface area contributed by atoms with Gasteiger partial charge in [0.05, 0.1) is 15.6 Å². The van der Waals surface area contributed by atoms with Crippen LogP contribution in [0.15, 0.2) is 10.5 Å². The molecule has 1 aromatic heterocycles.